The molecule has 1 unspecified atom stereocenters. The maximum Gasteiger partial charge on any atom is 0.332 e. The van der Waals surface area contributed by atoms with E-state index in [0.717, 1.165) is 24.5 Å². The first-order chi connectivity index (χ1) is 13.9. The fourth-order valence-electron chi connectivity index (χ4n) is 4.47. The number of hydrogen-bond donors (Lipinski definition) is 1. The molecule has 7 nitrogen and oxygen atoms in total. The maximum absolute atomic E-state index is 13.0. The average molecular weight is 397 g/mol. The SMILES string of the molecule is Cc1ccccc1Cn1c(C[NH+]2CCCC[C@@H]2C)nc2c1c(=O)n(C)c(=O)n2C. The van der Waals surface area contributed by atoms with Gasteiger partial charge in [-0.1, -0.05) is 24.3 Å². The van der Waals surface area contributed by atoms with Gasteiger partial charge in [0.1, 0.15) is 6.54 Å². The van der Waals surface area contributed by atoms with E-state index >= 15 is 0 Å². The summed E-state index contributed by atoms with van der Waals surface area (Å²) in [4.78, 5) is 31.8. The van der Waals surface area contributed by atoms with Crippen LogP contribution in [0.5, 0.6) is 0 Å². The van der Waals surface area contributed by atoms with Gasteiger partial charge in [-0.3, -0.25) is 13.9 Å². The van der Waals surface area contributed by atoms with Crippen LogP contribution in [0.15, 0.2) is 33.9 Å². The largest absolute Gasteiger partial charge is 0.332 e. The first-order valence-electron chi connectivity index (χ1n) is 10.4. The molecule has 2 aromatic heterocycles. The number of nitrogens with one attached hydrogen (secondary N) is 1. The van der Waals surface area contributed by atoms with Crippen LogP contribution in [0.1, 0.15) is 43.1 Å². The van der Waals surface area contributed by atoms with Crippen molar-refractivity contribution in [1.82, 2.24) is 18.7 Å². The molecule has 0 aliphatic carbocycles. The third-order valence-electron chi connectivity index (χ3n) is 6.48. The van der Waals surface area contributed by atoms with E-state index in [9.17, 15) is 9.59 Å². The second-order valence-corrected chi connectivity index (χ2v) is 8.40. The molecule has 0 spiro atoms. The van der Waals surface area contributed by atoms with E-state index in [1.165, 1.54) is 45.9 Å². The molecular formula is C22H30N5O2+. The highest BCUT2D eigenvalue weighted by molar-refractivity contribution is 5.71. The molecule has 1 N–H and O–H groups in total. The first kappa shape index (κ1) is 19.6. The molecule has 0 amide bonds. The van der Waals surface area contributed by atoms with Crippen LogP contribution in [-0.4, -0.2) is 31.3 Å². The molecule has 29 heavy (non-hydrogen) atoms. The molecule has 4 rings (SSSR count). The number of quaternary nitrogens is 1. The topological polar surface area (TPSA) is 66.3 Å². The highest BCUT2D eigenvalue weighted by atomic mass is 16.2. The Labute approximate surface area is 170 Å². The van der Waals surface area contributed by atoms with Crippen LogP contribution in [0.2, 0.25) is 0 Å². The lowest BCUT2D eigenvalue weighted by atomic mass is 10.0. The van der Waals surface area contributed by atoms with E-state index in [1.54, 1.807) is 7.05 Å². The zero-order chi connectivity index (χ0) is 20.7. The van der Waals surface area contributed by atoms with Gasteiger partial charge in [0.25, 0.3) is 5.56 Å². The van der Waals surface area contributed by atoms with Crippen molar-refractivity contribution < 1.29 is 4.90 Å². The summed E-state index contributed by atoms with van der Waals surface area (Å²) in [6, 6.07) is 8.79. The summed E-state index contributed by atoms with van der Waals surface area (Å²) in [5.74, 6) is 0.880. The van der Waals surface area contributed by atoms with Crippen molar-refractivity contribution in [2.75, 3.05) is 6.54 Å². The molecule has 0 bridgehead atoms. The molecular weight excluding hydrogens is 366 g/mol. The van der Waals surface area contributed by atoms with Gasteiger partial charge in [0.15, 0.2) is 17.0 Å². The highest BCUT2D eigenvalue weighted by Crippen LogP contribution is 2.16. The van der Waals surface area contributed by atoms with Crippen molar-refractivity contribution in [3.8, 4) is 0 Å². The molecule has 154 valence electrons. The molecule has 1 aromatic carbocycles. The van der Waals surface area contributed by atoms with Crippen LogP contribution in [0.25, 0.3) is 11.2 Å². The standard InChI is InChI=1S/C22H29N5O2/c1-15-9-5-6-11-17(15)13-27-18(14-26-12-8-7-10-16(26)2)23-20-19(27)21(28)25(4)22(29)24(20)3/h5-6,9,11,16H,7-8,10,12-14H2,1-4H3/p+1/t16-/m0/s1. The molecule has 2 atom stereocenters. The predicted molar refractivity (Wildman–Crippen MR) is 113 cm³/mol. The normalized spacial score (nSPS) is 19.7. The third kappa shape index (κ3) is 3.44. The Balaban J connectivity index is 1.90. The number of aromatic nitrogens is 4. The minimum absolute atomic E-state index is 0.280. The second kappa shape index (κ2) is 7.63. The molecule has 1 saturated heterocycles. The molecule has 3 heterocycles. The van der Waals surface area contributed by atoms with Crippen LogP contribution >= 0.6 is 0 Å². The zero-order valence-corrected chi connectivity index (χ0v) is 17.7. The predicted octanol–water partition coefficient (Wildman–Crippen LogP) is 0.748. The lowest BCUT2D eigenvalue weighted by Crippen LogP contribution is -3.15. The number of fused-ring (bicyclic) bond motifs is 1. The van der Waals surface area contributed by atoms with Crippen LogP contribution in [0, 0.1) is 6.92 Å². The highest BCUT2D eigenvalue weighted by Gasteiger charge is 2.26. The Kier molecular flexibility index (Phi) is 5.17. The molecule has 0 radical (unpaired) electrons. The minimum atomic E-state index is -0.340. The van der Waals surface area contributed by atoms with Crippen molar-refractivity contribution in [2.45, 2.75) is 52.2 Å². The van der Waals surface area contributed by atoms with E-state index in [-0.39, 0.29) is 11.2 Å². The molecule has 1 aliphatic heterocycles. The summed E-state index contributed by atoms with van der Waals surface area (Å²) in [7, 11) is 3.22. The number of aryl methyl sites for hydroxylation is 2. The molecule has 7 heteroatoms. The summed E-state index contributed by atoms with van der Waals surface area (Å²) in [5.41, 5.74) is 2.71. The fraction of sp³-hybridized carbons (Fsp3) is 0.500. The van der Waals surface area contributed by atoms with Gasteiger partial charge in [-0.2, -0.15) is 0 Å². The number of likely N-dealkylation sites (tertiary alicyclic amines) is 1. The number of nitrogens with zero attached hydrogens (tertiary/aromatic N) is 4. The Morgan fingerprint density at radius 2 is 1.90 bits per heavy atom. The van der Waals surface area contributed by atoms with Crippen LogP contribution in [0.3, 0.4) is 0 Å². The van der Waals surface area contributed by atoms with Crippen molar-refractivity contribution in [1.29, 1.82) is 0 Å². The number of imidazole rings is 1. The van der Waals surface area contributed by atoms with Gasteiger partial charge in [-0.25, -0.2) is 9.78 Å². The van der Waals surface area contributed by atoms with E-state index in [4.69, 9.17) is 4.98 Å². The fourth-order valence-corrected chi connectivity index (χ4v) is 4.47. The summed E-state index contributed by atoms with van der Waals surface area (Å²) in [6.45, 7) is 6.83. The number of rotatable bonds is 4. The quantitative estimate of drug-likeness (QED) is 0.708. The minimum Gasteiger partial charge on any atom is -0.326 e. The van der Waals surface area contributed by atoms with Gasteiger partial charge < -0.3 is 9.47 Å². The van der Waals surface area contributed by atoms with Gasteiger partial charge in [-0.05, 0) is 44.2 Å². The monoisotopic (exact) mass is 396 g/mol. The Morgan fingerprint density at radius 1 is 1.14 bits per heavy atom. The van der Waals surface area contributed by atoms with Crippen molar-refractivity contribution in [2.24, 2.45) is 14.1 Å². The summed E-state index contributed by atoms with van der Waals surface area (Å²) >= 11 is 0. The summed E-state index contributed by atoms with van der Waals surface area (Å²) < 4.78 is 4.70. The van der Waals surface area contributed by atoms with E-state index in [1.807, 2.05) is 16.7 Å². The summed E-state index contributed by atoms with van der Waals surface area (Å²) in [5, 5.41) is 0. The Morgan fingerprint density at radius 3 is 2.62 bits per heavy atom. The third-order valence-corrected chi connectivity index (χ3v) is 6.48. The Hall–Kier alpha value is -2.67. The summed E-state index contributed by atoms with van der Waals surface area (Å²) in [6.07, 6.45) is 3.71. The zero-order valence-electron chi connectivity index (χ0n) is 17.7. The van der Waals surface area contributed by atoms with Gasteiger partial charge in [0, 0.05) is 14.1 Å². The lowest BCUT2D eigenvalue weighted by Gasteiger charge is -2.30. The van der Waals surface area contributed by atoms with Crippen LogP contribution in [0.4, 0.5) is 0 Å². The lowest BCUT2D eigenvalue weighted by molar-refractivity contribution is -0.942. The number of benzene rings is 1. The smallest absolute Gasteiger partial charge is 0.326 e. The first-order valence-corrected chi connectivity index (χ1v) is 10.4. The van der Waals surface area contributed by atoms with E-state index < -0.39 is 0 Å². The Bertz CT molecular complexity index is 1170. The van der Waals surface area contributed by atoms with E-state index in [2.05, 4.69) is 26.0 Å². The second-order valence-electron chi connectivity index (χ2n) is 8.40. The van der Waals surface area contributed by atoms with Crippen LogP contribution < -0.4 is 16.1 Å². The molecule has 0 saturated carbocycles. The van der Waals surface area contributed by atoms with Crippen molar-refractivity contribution in [3.63, 3.8) is 0 Å². The van der Waals surface area contributed by atoms with E-state index in [0.29, 0.717) is 23.8 Å². The van der Waals surface area contributed by atoms with Gasteiger partial charge in [0.05, 0.1) is 19.1 Å². The van der Waals surface area contributed by atoms with Gasteiger partial charge in [-0.15, -0.1) is 0 Å². The maximum atomic E-state index is 13.0. The van der Waals surface area contributed by atoms with Gasteiger partial charge >= 0.3 is 5.69 Å². The molecule has 1 fully saturated rings. The van der Waals surface area contributed by atoms with Crippen molar-refractivity contribution >= 4 is 11.2 Å². The number of piperidine rings is 1. The van der Waals surface area contributed by atoms with Crippen molar-refractivity contribution in [3.05, 3.63) is 62.1 Å². The van der Waals surface area contributed by atoms with Crippen LogP contribution in [-0.2, 0) is 27.2 Å². The van der Waals surface area contributed by atoms with Gasteiger partial charge in [0.2, 0.25) is 0 Å². The number of hydrogen-bond acceptors (Lipinski definition) is 3. The average Bonchev–Trinajstić information content (AvgIpc) is 3.06. The molecule has 3 aromatic rings. The molecule has 1 aliphatic rings.